The van der Waals surface area contributed by atoms with Gasteiger partial charge in [-0.1, -0.05) is 18.2 Å². The Labute approximate surface area is 131 Å². The highest BCUT2D eigenvalue weighted by Gasteiger charge is 2.32. The summed E-state index contributed by atoms with van der Waals surface area (Å²) in [6.45, 7) is 0.656. The van der Waals surface area contributed by atoms with Crippen LogP contribution in [0.5, 0.6) is 0 Å². The smallest absolute Gasteiger partial charge is 0.328 e. The van der Waals surface area contributed by atoms with Crippen molar-refractivity contribution >= 4 is 11.9 Å². The van der Waals surface area contributed by atoms with E-state index in [1.807, 2.05) is 0 Å². The molecule has 3 rings (SSSR count). The van der Waals surface area contributed by atoms with Crippen LogP contribution in [0.15, 0.2) is 18.2 Å². The number of nitrogens with zero attached hydrogens (tertiary/aromatic N) is 1. The summed E-state index contributed by atoms with van der Waals surface area (Å²) < 4.78 is 4.85. The summed E-state index contributed by atoms with van der Waals surface area (Å²) >= 11 is 0. The van der Waals surface area contributed by atoms with Crippen LogP contribution in [0.25, 0.3) is 0 Å². The molecule has 0 bridgehead atoms. The van der Waals surface area contributed by atoms with Crippen LogP contribution in [0.4, 0.5) is 0 Å². The van der Waals surface area contributed by atoms with Crippen LogP contribution in [0.1, 0.15) is 42.4 Å². The summed E-state index contributed by atoms with van der Waals surface area (Å²) in [5, 5.41) is 0. The third kappa shape index (κ3) is 3.01. The molecular weight excluding hydrogens is 278 g/mol. The number of amides is 1. The Hall–Kier alpha value is -1.84. The maximum atomic E-state index is 12.6. The van der Waals surface area contributed by atoms with E-state index in [-0.39, 0.29) is 11.9 Å². The SMILES string of the molecule is COC(=O)C1CCCCN1C(=O)Cc1ccc2c(c1)CCC2. The van der Waals surface area contributed by atoms with E-state index in [0.717, 1.165) is 31.2 Å². The number of esters is 1. The number of fused-ring (bicyclic) bond motifs is 1. The van der Waals surface area contributed by atoms with E-state index in [1.54, 1.807) is 4.90 Å². The Morgan fingerprint density at radius 1 is 1.18 bits per heavy atom. The first-order chi connectivity index (χ1) is 10.7. The molecule has 2 aliphatic rings. The second kappa shape index (κ2) is 6.51. The molecule has 118 valence electrons. The topological polar surface area (TPSA) is 46.6 Å². The number of benzene rings is 1. The van der Waals surface area contributed by atoms with Crippen LogP contribution < -0.4 is 0 Å². The number of hydrogen-bond donors (Lipinski definition) is 0. The molecule has 1 heterocycles. The minimum absolute atomic E-state index is 0.0352. The molecule has 4 heteroatoms. The molecule has 0 aromatic heterocycles. The number of carbonyl (C=O) groups excluding carboxylic acids is 2. The normalized spacial score (nSPS) is 20.6. The number of aryl methyl sites for hydroxylation is 2. The lowest BCUT2D eigenvalue weighted by molar-refractivity contribution is -0.154. The highest BCUT2D eigenvalue weighted by molar-refractivity contribution is 5.86. The Morgan fingerprint density at radius 3 is 2.82 bits per heavy atom. The van der Waals surface area contributed by atoms with Crippen LogP contribution in [0, 0.1) is 0 Å². The standard InChI is InChI=1S/C18H23NO3/c1-22-18(21)16-7-2-3-10-19(16)17(20)12-13-8-9-14-5-4-6-15(14)11-13/h8-9,11,16H,2-7,10,12H2,1H3. The molecule has 1 aromatic rings. The van der Waals surface area contributed by atoms with Gasteiger partial charge in [0.2, 0.25) is 5.91 Å². The highest BCUT2D eigenvalue weighted by Crippen LogP contribution is 2.24. The molecule has 1 aliphatic heterocycles. The molecule has 1 atom stereocenters. The third-order valence-electron chi connectivity index (χ3n) is 4.81. The van der Waals surface area contributed by atoms with Crippen LogP contribution in [0.3, 0.4) is 0 Å². The van der Waals surface area contributed by atoms with Gasteiger partial charge in [0, 0.05) is 6.54 Å². The predicted octanol–water partition coefficient (Wildman–Crippen LogP) is 2.27. The number of ether oxygens (including phenoxy) is 1. The van der Waals surface area contributed by atoms with Crippen LogP contribution in [-0.4, -0.2) is 36.5 Å². The molecule has 4 nitrogen and oxygen atoms in total. The fourth-order valence-electron chi connectivity index (χ4n) is 3.62. The minimum atomic E-state index is -0.402. The molecule has 22 heavy (non-hydrogen) atoms. The molecular formula is C18H23NO3. The van der Waals surface area contributed by atoms with Gasteiger partial charge >= 0.3 is 5.97 Å². The maximum absolute atomic E-state index is 12.6. The lowest BCUT2D eigenvalue weighted by Crippen LogP contribution is -2.49. The first-order valence-corrected chi connectivity index (χ1v) is 8.17. The molecule has 1 unspecified atom stereocenters. The van der Waals surface area contributed by atoms with Gasteiger partial charge in [0.15, 0.2) is 0 Å². The van der Waals surface area contributed by atoms with Crippen molar-refractivity contribution in [3.05, 3.63) is 34.9 Å². The first kappa shape index (κ1) is 15.1. The zero-order valence-electron chi connectivity index (χ0n) is 13.1. The third-order valence-corrected chi connectivity index (χ3v) is 4.81. The van der Waals surface area contributed by atoms with Crippen LogP contribution in [0.2, 0.25) is 0 Å². The maximum Gasteiger partial charge on any atom is 0.328 e. The van der Waals surface area contributed by atoms with Crippen LogP contribution >= 0.6 is 0 Å². The quantitative estimate of drug-likeness (QED) is 0.805. The van der Waals surface area contributed by atoms with E-state index < -0.39 is 6.04 Å². The zero-order valence-corrected chi connectivity index (χ0v) is 13.1. The second-order valence-corrected chi connectivity index (χ2v) is 6.26. The number of likely N-dealkylation sites (tertiary alicyclic amines) is 1. The van der Waals surface area contributed by atoms with Crippen molar-refractivity contribution in [3.63, 3.8) is 0 Å². The largest absolute Gasteiger partial charge is 0.467 e. The van der Waals surface area contributed by atoms with E-state index in [1.165, 1.54) is 24.7 Å². The molecule has 1 amide bonds. The van der Waals surface area contributed by atoms with Crippen molar-refractivity contribution in [1.29, 1.82) is 0 Å². The fraction of sp³-hybridized carbons (Fsp3) is 0.556. The number of carbonyl (C=O) groups is 2. The summed E-state index contributed by atoms with van der Waals surface area (Å²) in [5.41, 5.74) is 3.86. The number of hydrogen-bond acceptors (Lipinski definition) is 3. The van der Waals surface area contributed by atoms with Crippen molar-refractivity contribution in [2.75, 3.05) is 13.7 Å². The van der Waals surface area contributed by atoms with Gasteiger partial charge in [-0.15, -0.1) is 0 Å². The van der Waals surface area contributed by atoms with E-state index in [9.17, 15) is 9.59 Å². The lowest BCUT2D eigenvalue weighted by Gasteiger charge is -2.33. The lowest BCUT2D eigenvalue weighted by atomic mass is 9.99. The van der Waals surface area contributed by atoms with E-state index >= 15 is 0 Å². The fourth-order valence-corrected chi connectivity index (χ4v) is 3.62. The van der Waals surface area contributed by atoms with Gasteiger partial charge in [-0.2, -0.15) is 0 Å². The van der Waals surface area contributed by atoms with Gasteiger partial charge in [-0.05, 0) is 55.2 Å². The van der Waals surface area contributed by atoms with Crippen molar-refractivity contribution < 1.29 is 14.3 Å². The van der Waals surface area contributed by atoms with Gasteiger partial charge < -0.3 is 9.64 Å². The Morgan fingerprint density at radius 2 is 2.00 bits per heavy atom. The Kier molecular flexibility index (Phi) is 4.46. The Balaban J connectivity index is 1.71. The molecule has 1 saturated heterocycles. The summed E-state index contributed by atoms with van der Waals surface area (Å²) in [4.78, 5) is 26.2. The first-order valence-electron chi connectivity index (χ1n) is 8.17. The number of methoxy groups -OCH3 is 1. The van der Waals surface area contributed by atoms with E-state index in [2.05, 4.69) is 18.2 Å². The second-order valence-electron chi connectivity index (χ2n) is 6.26. The minimum Gasteiger partial charge on any atom is -0.467 e. The van der Waals surface area contributed by atoms with Gasteiger partial charge in [0.1, 0.15) is 6.04 Å². The van der Waals surface area contributed by atoms with Gasteiger partial charge in [0.25, 0.3) is 0 Å². The molecule has 1 aliphatic carbocycles. The zero-order chi connectivity index (χ0) is 15.5. The van der Waals surface area contributed by atoms with E-state index in [4.69, 9.17) is 4.74 Å². The van der Waals surface area contributed by atoms with Crippen molar-refractivity contribution in [1.82, 2.24) is 4.90 Å². The molecule has 0 radical (unpaired) electrons. The molecule has 0 N–H and O–H groups in total. The van der Waals surface area contributed by atoms with Gasteiger partial charge in [-0.25, -0.2) is 4.79 Å². The average Bonchev–Trinajstić information content (AvgIpc) is 3.01. The van der Waals surface area contributed by atoms with Crippen molar-refractivity contribution in [2.45, 2.75) is 51.0 Å². The van der Waals surface area contributed by atoms with Crippen molar-refractivity contribution in [3.8, 4) is 0 Å². The number of piperidine rings is 1. The summed E-state index contributed by atoms with van der Waals surface area (Å²) in [5.74, 6) is -0.255. The summed E-state index contributed by atoms with van der Waals surface area (Å²) in [7, 11) is 1.39. The van der Waals surface area contributed by atoms with Crippen LogP contribution in [-0.2, 0) is 33.6 Å². The van der Waals surface area contributed by atoms with Gasteiger partial charge in [-0.3, -0.25) is 4.79 Å². The summed E-state index contributed by atoms with van der Waals surface area (Å²) in [6, 6.07) is 5.97. The average molecular weight is 301 g/mol. The van der Waals surface area contributed by atoms with Crippen molar-refractivity contribution in [2.24, 2.45) is 0 Å². The highest BCUT2D eigenvalue weighted by atomic mass is 16.5. The molecule has 0 spiro atoms. The van der Waals surface area contributed by atoms with Gasteiger partial charge in [0.05, 0.1) is 13.5 Å². The number of rotatable bonds is 3. The Bertz CT molecular complexity index is 582. The summed E-state index contributed by atoms with van der Waals surface area (Å²) in [6.07, 6.45) is 6.50. The monoisotopic (exact) mass is 301 g/mol. The molecule has 1 fully saturated rings. The molecule has 1 aromatic carbocycles. The van der Waals surface area contributed by atoms with E-state index in [0.29, 0.717) is 19.4 Å². The molecule has 0 saturated carbocycles. The predicted molar refractivity (Wildman–Crippen MR) is 83.5 cm³/mol.